The molecular formula is C16H30N4O. The number of fused-ring (bicyclic) bond motifs is 2. The van der Waals surface area contributed by atoms with Gasteiger partial charge in [0.05, 0.1) is 5.71 Å². The van der Waals surface area contributed by atoms with E-state index in [2.05, 4.69) is 15.0 Å². The molecule has 0 spiro atoms. The molecule has 4 rings (SSSR count). The third kappa shape index (κ3) is 3.76. The van der Waals surface area contributed by atoms with Gasteiger partial charge in [-0.25, -0.2) is 0 Å². The highest BCUT2D eigenvalue weighted by molar-refractivity contribution is 5.85. The number of hydrogen-bond acceptors (Lipinski definition) is 5. The fourth-order valence-electron chi connectivity index (χ4n) is 4.41. The molecule has 0 amide bonds. The summed E-state index contributed by atoms with van der Waals surface area (Å²) < 4.78 is 0. The van der Waals surface area contributed by atoms with E-state index in [1.54, 1.807) is 0 Å². The zero-order valence-electron chi connectivity index (χ0n) is 13.1. The van der Waals surface area contributed by atoms with Gasteiger partial charge < -0.3 is 15.8 Å². The molecule has 4 fully saturated rings. The van der Waals surface area contributed by atoms with Gasteiger partial charge in [-0.3, -0.25) is 4.90 Å². The predicted octanol–water partition coefficient (Wildman–Crippen LogP) is 1.65. The number of nitrogens with zero attached hydrogens (tertiary/aromatic N) is 3. The van der Waals surface area contributed by atoms with Gasteiger partial charge in [0.25, 0.3) is 0 Å². The van der Waals surface area contributed by atoms with E-state index in [0.717, 1.165) is 31.1 Å². The average Bonchev–Trinajstić information content (AvgIpc) is 3.15. The number of rotatable bonds is 0. The van der Waals surface area contributed by atoms with E-state index < -0.39 is 0 Å². The van der Waals surface area contributed by atoms with Crippen LogP contribution in [0.3, 0.4) is 0 Å². The lowest BCUT2D eigenvalue weighted by atomic mass is 9.99. The van der Waals surface area contributed by atoms with E-state index in [4.69, 9.17) is 10.9 Å². The quantitative estimate of drug-likeness (QED) is 0.527. The fraction of sp³-hybridized carbons (Fsp3) is 0.938. The molecular weight excluding hydrogens is 264 g/mol. The summed E-state index contributed by atoms with van der Waals surface area (Å²) in [6.45, 7) is 4.94. The first-order valence-corrected chi connectivity index (χ1v) is 8.69. The lowest BCUT2D eigenvalue weighted by Crippen LogP contribution is -2.43. The highest BCUT2D eigenvalue weighted by Gasteiger charge is 2.30. The van der Waals surface area contributed by atoms with Crippen molar-refractivity contribution >= 4 is 5.71 Å². The molecule has 5 nitrogen and oxygen atoms in total. The smallest absolute Gasteiger partial charge is 0.0599 e. The summed E-state index contributed by atoms with van der Waals surface area (Å²) in [7, 11) is 0. The summed E-state index contributed by atoms with van der Waals surface area (Å²) in [5, 5.41) is 11.9. The maximum Gasteiger partial charge on any atom is 0.0599 e. The van der Waals surface area contributed by atoms with Crippen LogP contribution in [0, 0.1) is 0 Å². The lowest BCUT2D eigenvalue weighted by Gasteiger charge is -2.32. The Bertz CT molecular complexity index is 373. The Morgan fingerprint density at radius 1 is 0.952 bits per heavy atom. The van der Waals surface area contributed by atoms with Crippen molar-refractivity contribution in [2.75, 3.05) is 26.2 Å². The average molecular weight is 294 g/mol. The minimum atomic E-state index is 0.499. The van der Waals surface area contributed by atoms with E-state index in [0.29, 0.717) is 12.1 Å². The van der Waals surface area contributed by atoms with E-state index in [1.165, 1.54) is 58.2 Å². The fourth-order valence-corrected chi connectivity index (χ4v) is 4.41. The molecule has 0 bridgehead atoms. The number of hydrogen-bond donors (Lipinski definition) is 2. The normalized spacial score (nSPS) is 38.7. The zero-order chi connectivity index (χ0) is 14.7. The van der Waals surface area contributed by atoms with Crippen LogP contribution in [0.4, 0.5) is 0 Å². The summed E-state index contributed by atoms with van der Waals surface area (Å²) in [6, 6.07) is 2.04. The van der Waals surface area contributed by atoms with Crippen LogP contribution < -0.4 is 5.73 Å². The second-order valence-corrected chi connectivity index (χ2v) is 7.07. The van der Waals surface area contributed by atoms with Gasteiger partial charge >= 0.3 is 0 Å². The number of piperidine rings is 2. The van der Waals surface area contributed by atoms with Gasteiger partial charge in [-0.1, -0.05) is 5.16 Å². The summed E-state index contributed by atoms with van der Waals surface area (Å²) in [6.07, 6.45) is 9.84. The largest absolute Gasteiger partial charge is 0.411 e. The molecule has 4 heterocycles. The van der Waals surface area contributed by atoms with Crippen LogP contribution in [0.1, 0.15) is 51.4 Å². The number of nitrogens with two attached hydrogens (primary N) is 1. The zero-order valence-corrected chi connectivity index (χ0v) is 13.1. The lowest BCUT2D eigenvalue weighted by molar-refractivity contribution is 0.182. The highest BCUT2D eigenvalue weighted by atomic mass is 16.4. The van der Waals surface area contributed by atoms with Gasteiger partial charge in [-0.05, 0) is 58.2 Å². The molecule has 3 N–H and O–H groups in total. The molecule has 0 aromatic heterocycles. The van der Waals surface area contributed by atoms with Crippen molar-refractivity contribution in [3.63, 3.8) is 0 Å². The SMILES string of the molecule is NC1CCN2CCCC2C1.ON=C1CCN2CCCC2C1. The van der Waals surface area contributed by atoms with Gasteiger partial charge in [-0.2, -0.15) is 0 Å². The Labute approximate surface area is 128 Å². The first kappa shape index (κ1) is 15.3. The molecule has 4 aliphatic rings. The van der Waals surface area contributed by atoms with Crippen molar-refractivity contribution in [3.8, 4) is 0 Å². The van der Waals surface area contributed by atoms with Crippen LogP contribution in [-0.2, 0) is 0 Å². The minimum Gasteiger partial charge on any atom is -0.411 e. The first-order chi connectivity index (χ1) is 10.3. The number of oxime groups is 1. The van der Waals surface area contributed by atoms with Crippen LogP contribution in [0.5, 0.6) is 0 Å². The Balaban J connectivity index is 0.000000126. The van der Waals surface area contributed by atoms with E-state index in [-0.39, 0.29) is 0 Å². The topological polar surface area (TPSA) is 65.1 Å². The van der Waals surface area contributed by atoms with Crippen LogP contribution in [0.15, 0.2) is 5.16 Å². The summed E-state index contributed by atoms with van der Waals surface area (Å²) in [4.78, 5) is 5.11. The van der Waals surface area contributed by atoms with Gasteiger partial charge in [0.2, 0.25) is 0 Å². The summed E-state index contributed by atoms with van der Waals surface area (Å²) >= 11 is 0. The molecule has 21 heavy (non-hydrogen) atoms. The van der Waals surface area contributed by atoms with Crippen molar-refractivity contribution in [2.45, 2.75) is 69.5 Å². The molecule has 120 valence electrons. The van der Waals surface area contributed by atoms with Crippen LogP contribution in [-0.4, -0.2) is 65.0 Å². The van der Waals surface area contributed by atoms with Gasteiger partial charge in [0.1, 0.15) is 0 Å². The molecule has 5 heteroatoms. The van der Waals surface area contributed by atoms with Crippen molar-refractivity contribution in [1.29, 1.82) is 0 Å². The Morgan fingerprint density at radius 2 is 1.67 bits per heavy atom. The summed E-state index contributed by atoms with van der Waals surface area (Å²) in [5.41, 5.74) is 6.86. The highest BCUT2D eigenvalue weighted by Crippen LogP contribution is 2.26. The molecule has 3 unspecified atom stereocenters. The Morgan fingerprint density at radius 3 is 2.43 bits per heavy atom. The van der Waals surface area contributed by atoms with E-state index in [1.807, 2.05) is 0 Å². The standard InChI is InChI=1S/C8H14N2O.C8H16N2/c11-9-7-3-5-10-4-1-2-8(10)6-7;9-7-3-5-10-4-1-2-8(10)6-7/h8,11H,1-6H2;7-8H,1-6,9H2. The van der Waals surface area contributed by atoms with Gasteiger partial charge in [-0.15, -0.1) is 0 Å². The maximum atomic E-state index is 8.58. The summed E-state index contributed by atoms with van der Waals surface area (Å²) in [5.74, 6) is 0. The third-order valence-corrected chi connectivity index (χ3v) is 5.66. The molecule has 3 atom stereocenters. The van der Waals surface area contributed by atoms with Crippen LogP contribution in [0.25, 0.3) is 0 Å². The molecule has 0 radical (unpaired) electrons. The Hall–Kier alpha value is -0.650. The Kier molecular flexibility index (Phi) is 5.14. The van der Waals surface area contributed by atoms with E-state index >= 15 is 0 Å². The molecule has 0 aromatic carbocycles. The van der Waals surface area contributed by atoms with E-state index in [9.17, 15) is 0 Å². The molecule has 0 saturated carbocycles. The first-order valence-electron chi connectivity index (χ1n) is 8.69. The molecule has 4 aliphatic heterocycles. The molecule has 0 aromatic rings. The molecule has 0 aliphatic carbocycles. The van der Waals surface area contributed by atoms with Gasteiger partial charge in [0, 0.05) is 37.5 Å². The van der Waals surface area contributed by atoms with Crippen molar-refractivity contribution < 1.29 is 5.21 Å². The monoisotopic (exact) mass is 294 g/mol. The van der Waals surface area contributed by atoms with Gasteiger partial charge in [0.15, 0.2) is 0 Å². The van der Waals surface area contributed by atoms with Crippen LogP contribution >= 0.6 is 0 Å². The van der Waals surface area contributed by atoms with Crippen molar-refractivity contribution in [3.05, 3.63) is 0 Å². The maximum absolute atomic E-state index is 8.58. The van der Waals surface area contributed by atoms with Crippen LogP contribution in [0.2, 0.25) is 0 Å². The predicted molar refractivity (Wildman–Crippen MR) is 84.9 cm³/mol. The molecule has 4 saturated heterocycles. The van der Waals surface area contributed by atoms with Crippen molar-refractivity contribution in [2.24, 2.45) is 10.9 Å². The second-order valence-electron chi connectivity index (χ2n) is 7.07. The third-order valence-electron chi connectivity index (χ3n) is 5.66. The van der Waals surface area contributed by atoms with Crippen molar-refractivity contribution in [1.82, 2.24) is 9.80 Å². The second kappa shape index (κ2) is 7.07. The minimum absolute atomic E-state index is 0.499.